The summed E-state index contributed by atoms with van der Waals surface area (Å²) in [7, 11) is 1.75. The van der Waals surface area contributed by atoms with Crippen LogP contribution in [0.2, 0.25) is 0 Å². The Bertz CT molecular complexity index is 951. The van der Waals surface area contributed by atoms with Crippen LogP contribution in [0.1, 0.15) is 18.5 Å². The molecule has 3 aromatic rings. The highest BCUT2D eigenvalue weighted by Crippen LogP contribution is 2.26. The van der Waals surface area contributed by atoms with E-state index in [1.54, 1.807) is 7.11 Å². The van der Waals surface area contributed by atoms with E-state index < -0.39 is 5.97 Å². The molecular weight excluding hydrogens is 370 g/mol. The SMILES string of the molecule is CC(=O)O.CO[C@H]1CNC[C@@H]1n1ccnc1-c1cnc(-c2cccc(C)c2)nc1. The van der Waals surface area contributed by atoms with Crippen LogP contribution in [-0.2, 0) is 9.53 Å². The Morgan fingerprint density at radius 1 is 1.21 bits per heavy atom. The molecule has 1 aliphatic rings. The molecule has 29 heavy (non-hydrogen) atoms. The van der Waals surface area contributed by atoms with Crippen molar-refractivity contribution in [3.63, 3.8) is 0 Å². The minimum atomic E-state index is -0.833. The summed E-state index contributed by atoms with van der Waals surface area (Å²) < 4.78 is 7.74. The van der Waals surface area contributed by atoms with E-state index in [1.165, 1.54) is 5.56 Å². The number of rotatable bonds is 4. The molecule has 8 nitrogen and oxygen atoms in total. The lowest BCUT2D eigenvalue weighted by atomic mass is 10.1. The summed E-state index contributed by atoms with van der Waals surface area (Å²) in [4.78, 5) is 22.6. The highest BCUT2D eigenvalue weighted by molar-refractivity contribution is 5.63. The number of carboxylic acid groups (broad SMARTS) is 1. The molecule has 0 saturated carbocycles. The van der Waals surface area contributed by atoms with Crippen molar-refractivity contribution in [1.82, 2.24) is 24.8 Å². The number of hydrogen-bond acceptors (Lipinski definition) is 6. The number of hydrogen-bond donors (Lipinski definition) is 2. The third-order valence-electron chi connectivity index (χ3n) is 4.64. The maximum Gasteiger partial charge on any atom is 0.300 e. The van der Waals surface area contributed by atoms with E-state index in [0.29, 0.717) is 0 Å². The largest absolute Gasteiger partial charge is 0.481 e. The highest BCUT2D eigenvalue weighted by Gasteiger charge is 2.30. The second-order valence-corrected chi connectivity index (χ2v) is 6.84. The predicted molar refractivity (Wildman–Crippen MR) is 109 cm³/mol. The summed E-state index contributed by atoms with van der Waals surface area (Å²) in [5.41, 5.74) is 3.12. The number of ether oxygens (including phenoxy) is 1. The van der Waals surface area contributed by atoms with Crippen molar-refractivity contribution in [3.05, 3.63) is 54.6 Å². The number of carboxylic acids is 1. The van der Waals surface area contributed by atoms with Crippen LogP contribution in [0.25, 0.3) is 22.8 Å². The molecule has 0 unspecified atom stereocenters. The van der Waals surface area contributed by atoms with Gasteiger partial charge in [-0.15, -0.1) is 0 Å². The first kappa shape index (κ1) is 20.6. The lowest BCUT2D eigenvalue weighted by Gasteiger charge is -2.20. The number of nitrogens with one attached hydrogen (secondary N) is 1. The van der Waals surface area contributed by atoms with E-state index in [1.807, 2.05) is 36.9 Å². The van der Waals surface area contributed by atoms with Crippen molar-refractivity contribution < 1.29 is 14.6 Å². The Hall–Kier alpha value is -3.10. The van der Waals surface area contributed by atoms with Crippen LogP contribution >= 0.6 is 0 Å². The molecule has 8 heteroatoms. The quantitative estimate of drug-likeness (QED) is 0.700. The molecule has 4 rings (SSSR count). The van der Waals surface area contributed by atoms with Crippen molar-refractivity contribution in [2.45, 2.75) is 26.0 Å². The number of carbonyl (C=O) groups is 1. The van der Waals surface area contributed by atoms with Gasteiger partial charge in [-0.2, -0.15) is 0 Å². The maximum atomic E-state index is 9.00. The van der Waals surface area contributed by atoms with Gasteiger partial charge in [-0.3, -0.25) is 4.79 Å². The highest BCUT2D eigenvalue weighted by atomic mass is 16.5. The van der Waals surface area contributed by atoms with Gasteiger partial charge in [0.25, 0.3) is 5.97 Å². The number of aromatic nitrogens is 4. The second kappa shape index (κ2) is 9.40. The van der Waals surface area contributed by atoms with Crippen LogP contribution in [0.15, 0.2) is 49.1 Å². The Morgan fingerprint density at radius 3 is 2.59 bits per heavy atom. The van der Waals surface area contributed by atoms with Gasteiger partial charge in [0.2, 0.25) is 0 Å². The summed E-state index contributed by atoms with van der Waals surface area (Å²) in [6, 6.07) is 8.42. The first-order valence-electron chi connectivity index (χ1n) is 9.35. The van der Waals surface area contributed by atoms with E-state index in [0.717, 1.165) is 42.8 Å². The second-order valence-electron chi connectivity index (χ2n) is 6.84. The fraction of sp³-hybridized carbons (Fsp3) is 0.333. The summed E-state index contributed by atoms with van der Waals surface area (Å²) in [6.45, 7) is 4.86. The van der Waals surface area contributed by atoms with E-state index >= 15 is 0 Å². The lowest BCUT2D eigenvalue weighted by molar-refractivity contribution is -0.134. The van der Waals surface area contributed by atoms with Gasteiger partial charge in [0.05, 0.1) is 17.7 Å². The van der Waals surface area contributed by atoms with Gasteiger partial charge in [0.15, 0.2) is 5.82 Å². The van der Waals surface area contributed by atoms with Crippen molar-refractivity contribution in [3.8, 4) is 22.8 Å². The minimum absolute atomic E-state index is 0.139. The Morgan fingerprint density at radius 2 is 1.93 bits per heavy atom. The van der Waals surface area contributed by atoms with Crippen LogP contribution in [0.4, 0.5) is 0 Å². The van der Waals surface area contributed by atoms with Crippen LogP contribution in [0.3, 0.4) is 0 Å². The van der Waals surface area contributed by atoms with Gasteiger partial charge in [-0.25, -0.2) is 15.0 Å². The topological polar surface area (TPSA) is 102 Å². The average Bonchev–Trinajstić information content (AvgIpc) is 3.36. The maximum absolute atomic E-state index is 9.00. The van der Waals surface area contributed by atoms with Gasteiger partial charge in [0.1, 0.15) is 5.82 Å². The number of methoxy groups -OCH3 is 1. The Balaban J connectivity index is 0.000000552. The lowest BCUT2D eigenvalue weighted by Crippen LogP contribution is -2.24. The van der Waals surface area contributed by atoms with Crippen molar-refractivity contribution in [2.24, 2.45) is 0 Å². The number of imidazole rings is 1. The molecule has 2 atom stereocenters. The monoisotopic (exact) mass is 395 g/mol. The number of nitrogens with zero attached hydrogens (tertiary/aromatic N) is 4. The number of aliphatic carboxylic acids is 1. The van der Waals surface area contributed by atoms with E-state index in [-0.39, 0.29) is 12.1 Å². The molecular formula is C21H25N5O3. The number of aryl methyl sites for hydroxylation is 1. The fourth-order valence-corrected chi connectivity index (χ4v) is 3.34. The van der Waals surface area contributed by atoms with Crippen LogP contribution < -0.4 is 5.32 Å². The molecule has 0 aliphatic carbocycles. The van der Waals surface area contributed by atoms with Crippen molar-refractivity contribution >= 4 is 5.97 Å². The van der Waals surface area contributed by atoms with Gasteiger partial charge >= 0.3 is 0 Å². The molecule has 0 bridgehead atoms. The van der Waals surface area contributed by atoms with E-state index in [2.05, 4.69) is 43.9 Å². The van der Waals surface area contributed by atoms with E-state index in [4.69, 9.17) is 14.6 Å². The summed E-state index contributed by atoms with van der Waals surface area (Å²) in [6.07, 6.45) is 7.63. The zero-order chi connectivity index (χ0) is 20.8. The van der Waals surface area contributed by atoms with Crippen LogP contribution in [0.5, 0.6) is 0 Å². The van der Waals surface area contributed by atoms with Crippen LogP contribution in [0, 0.1) is 6.92 Å². The first-order chi connectivity index (χ1) is 14.0. The smallest absolute Gasteiger partial charge is 0.300 e. The minimum Gasteiger partial charge on any atom is -0.481 e. The molecule has 0 radical (unpaired) electrons. The average molecular weight is 395 g/mol. The predicted octanol–water partition coefficient (Wildman–Crippen LogP) is 2.57. The van der Waals surface area contributed by atoms with Crippen molar-refractivity contribution in [1.29, 1.82) is 0 Å². The molecule has 1 aromatic carbocycles. The molecule has 0 amide bonds. The molecule has 2 N–H and O–H groups in total. The van der Waals surface area contributed by atoms with Gasteiger partial charge in [-0.1, -0.05) is 23.8 Å². The molecule has 152 valence electrons. The Kier molecular flexibility index (Phi) is 6.69. The fourth-order valence-electron chi connectivity index (χ4n) is 3.34. The molecule has 1 fully saturated rings. The van der Waals surface area contributed by atoms with Gasteiger partial charge < -0.3 is 19.7 Å². The Labute approximate surface area is 169 Å². The molecule has 1 saturated heterocycles. The molecule has 3 heterocycles. The standard InChI is InChI=1S/C19H21N5O.C2H4O2/c1-13-4-3-5-14(8-13)18-22-9-15(10-23-18)19-21-6-7-24(19)16-11-20-12-17(16)25-2;1-2(3)4/h3-10,16-17,20H,11-12H2,1-2H3;1H3,(H,3,4)/t16-,17-;/m0./s1. The number of benzene rings is 1. The molecule has 2 aromatic heterocycles. The van der Waals surface area contributed by atoms with E-state index in [9.17, 15) is 0 Å². The van der Waals surface area contributed by atoms with Gasteiger partial charge in [0, 0.05) is 57.5 Å². The molecule has 0 spiro atoms. The zero-order valence-corrected chi connectivity index (χ0v) is 16.7. The normalized spacial score (nSPS) is 18.2. The summed E-state index contributed by atoms with van der Waals surface area (Å²) in [5.74, 6) is 0.759. The van der Waals surface area contributed by atoms with Gasteiger partial charge in [-0.05, 0) is 13.0 Å². The zero-order valence-electron chi connectivity index (χ0n) is 16.7. The van der Waals surface area contributed by atoms with Crippen LogP contribution in [-0.4, -0.2) is 56.9 Å². The summed E-state index contributed by atoms with van der Waals surface area (Å²) in [5, 5.41) is 10.8. The summed E-state index contributed by atoms with van der Waals surface area (Å²) >= 11 is 0. The third kappa shape index (κ3) is 5.04. The first-order valence-corrected chi connectivity index (χ1v) is 9.35. The molecule has 1 aliphatic heterocycles. The van der Waals surface area contributed by atoms with Crippen molar-refractivity contribution in [2.75, 3.05) is 20.2 Å². The third-order valence-corrected chi connectivity index (χ3v) is 4.64.